The summed E-state index contributed by atoms with van der Waals surface area (Å²) in [5.41, 5.74) is 3.15. The molecule has 5 heteroatoms. The van der Waals surface area contributed by atoms with Gasteiger partial charge in [-0.15, -0.1) is 0 Å². The number of benzene rings is 2. The molecular formula is C22H25NO4. The molecule has 27 heavy (non-hydrogen) atoms. The van der Waals surface area contributed by atoms with Gasteiger partial charge in [-0.05, 0) is 48.1 Å². The fraction of sp³-hybridized carbons (Fsp3) is 0.409. The van der Waals surface area contributed by atoms with E-state index in [1.54, 1.807) is 7.11 Å². The van der Waals surface area contributed by atoms with Gasteiger partial charge in [0, 0.05) is 12.0 Å². The molecule has 0 aromatic heterocycles. The molecule has 1 atom stereocenters. The minimum absolute atomic E-state index is 0.0392. The topological polar surface area (TPSA) is 67.8 Å². The number of hydrogen-bond acceptors (Lipinski definition) is 4. The molecule has 4 rings (SSSR count). The molecule has 2 aromatic carbocycles. The second-order valence-electron chi connectivity index (χ2n) is 7.38. The number of carbonyl (C=O) groups excluding carboxylic acids is 1. The lowest BCUT2D eigenvalue weighted by molar-refractivity contribution is -0.122. The molecule has 1 saturated carbocycles. The number of hydrogen-bond donors (Lipinski definition) is 2. The van der Waals surface area contributed by atoms with Crippen molar-refractivity contribution in [3.05, 3.63) is 59.2 Å². The standard InChI is InChI=1S/C22H25NO4/c1-26-19-5-3-2-4-14(19)13-21(25)23-22(17-11-18(24)12-17)16-6-7-20-15(10-16)8-9-27-20/h2-7,10,17-18,22,24H,8-9,11-13H2,1H3,(H,23,25). The Morgan fingerprint density at radius 3 is 2.89 bits per heavy atom. The van der Waals surface area contributed by atoms with Crippen LogP contribution in [0.25, 0.3) is 0 Å². The highest BCUT2D eigenvalue weighted by Crippen LogP contribution is 2.39. The van der Waals surface area contributed by atoms with Crippen molar-refractivity contribution < 1.29 is 19.4 Å². The van der Waals surface area contributed by atoms with Crippen molar-refractivity contribution in [2.24, 2.45) is 5.92 Å². The first-order chi connectivity index (χ1) is 13.1. The Kier molecular flexibility index (Phi) is 5.03. The van der Waals surface area contributed by atoms with Gasteiger partial charge in [0.1, 0.15) is 11.5 Å². The highest BCUT2D eigenvalue weighted by molar-refractivity contribution is 5.80. The number of ether oxygens (including phenoxy) is 2. The molecule has 5 nitrogen and oxygen atoms in total. The molecule has 1 aliphatic carbocycles. The summed E-state index contributed by atoms with van der Waals surface area (Å²) in [6.07, 6.45) is 2.34. The van der Waals surface area contributed by atoms with Crippen molar-refractivity contribution >= 4 is 5.91 Å². The maximum absolute atomic E-state index is 12.8. The number of para-hydroxylation sites is 1. The number of fused-ring (bicyclic) bond motifs is 1. The lowest BCUT2D eigenvalue weighted by Gasteiger charge is -2.38. The Balaban J connectivity index is 1.52. The summed E-state index contributed by atoms with van der Waals surface area (Å²) in [6, 6.07) is 13.6. The van der Waals surface area contributed by atoms with E-state index in [9.17, 15) is 9.90 Å². The van der Waals surface area contributed by atoms with Crippen molar-refractivity contribution in [1.82, 2.24) is 5.32 Å². The molecule has 1 unspecified atom stereocenters. The molecule has 2 N–H and O–H groups in total. The van der Waals surface area contributed by atoms with E-state index in [1.165, 1.54) is 5.56 Å². The van der Waals surface area contributed by atoms with Crippen LogP contribution in [0, 0.1) is 5.92 Å². The van der Waals surface area contributed by atoms with Gasteiger partial charge in [-0.25, -0.2) is 0 Å². The second-order valence-corrected chi connectivity index (χ2v) is 7.38. The predicted octanol–water partition coefficient (Wildman–Crippen LogP) is 2.80. The van der Waals surface area contributed by atoms with Crippen LogP contribution in [0.3, 0.4) is 0 Å². The van der Waals surface area contributed by atoms with E-state index < -0.39 is 0 Å². The van der Waals surface area contributed by atoms with Crippen LogP contribution in [0.15, 0.2) is 42.5 Å². The van der Waals surface area contributed by atoms with Crippen LogP contribution in [0.4, 0.5) is 0 Å². The Morgan fingerprint density at radius 1 is 1.30 bits per heavy atom. The number of methoxy groups -OCH3 is 1. The summed E-state index contributed by atoms with van der Waals surface area (Å²) in [5.74, 6) is 1.87. The molecule has 2 aromatic rings. The third-order valence-corrected chi connectivity index (χ3v) is 5.55. The van der Waals surface area contributed by atoms with Crippen molar-refractivity contribution in [3.8, 4) is 11.5 Å². The summed E-state index contributed by atoms with van der Waals surface area (Å²) in [5, 5.41) is 13.0. The summed E-state index contributed by atoms with van der Waals surface area (Å²) >= 11 is 0. The van der Waals surface area contributed by atoms with Crippen LogP contribution in [0.2, 0.25) is 0 Å². The fourth-order valence-electron chi connectivity index (χ4n) is 4.02. The summed E-state index contributed by atoms with van der Waals surface area (Å²) in [6.45, 7) is 0.714. The lowest BCUT2D eigenvalue weighted by Crippen LogP contribution is -2.41. The molecule has 0 spiro atoms. The number of nitrogens with one attached hydrogen (secondary N) is 1. The van der Waals surface area contributed by atoms with E-state index in [2.05, 4.69) is 11.4 Å². The molecule has 1 fully saturated rings. The molecule has 1 amide bonds. The number of aliphatic hydroxyl groups excluding tert-OH is 1. The quantitative estimate of drug-likeness (QED) is 0.824. The van der Waals surface area contributed by atoms with Crippen molar-refractivity contribution in [2.45, 2.75) is 37.8 Å². The zero-order valence-electron chi connectivity index (χ0n) is 15.5. The molecule has 0 saturated heterocycles. The fourth-order valence-corrected chi connectivity index (χ4v) is 4.02. The van der Waals surface area contributed by atoms with E-state index in [4.69, 9.17) is 9.47 Å². The number of amides is 1. The number of rotatable bonds is 6. The van der Waals surface area contributed by atoms with Crippen LogP contribution < -0.4 is 14.8 Å². The first-order valence-corrected chi connectivity index (χ1v) is 9.49. The summed E-state index contributed by atoms with van der Waals surface area (Å²) in [4.78, 5) is 12.8. The smallest absolute Gasteiger partial charge is 0.225 e. The van der Waals surface area contributed by atoms with E-state index in [-0.39, 0.29) is 30.4 Å². The van der Waals surface area contributed by atoms with Gasteiger partial charge < -0.3 is 19.9 Å². The SMILES string of the molecule is COc1ccccc1CC(=O)NC(c1ccc2c(c1)CCO2)C1CC(O)C1. The molecule has 0 bridgehead atoms. The van der Waals surface area contributed by atoms with E-state index in [0.29, 0.717) is 19.4 Å². The molecule has 1 heterocycles. The lowest BCUT2D eigenvalue weighted by atomic mass is 9.74. The van der Waals surface area contributed by atoms with Gasteiger partial charge in [-0.3, -0.25) is 4.79 Å². The van der Waals surface area contributed by atoms with Gasteiger partial charge >= 0.3 is 0 Å². The van der Waals surface area contributed by atoms with Gasteiger partial charge in [-0.1, -0.05) is 24.3 Å². The zero-order valence-corrected chi connectivity index (χ0v) is 15.5. The normalized spacial score (nSPS) is 21.6. The summed E-state index contributed by atoms with van der Waals surface area (Å²) < 4.78 is 10.9. The second kappa shape index (κ2) is 7.61. The van der Waals surface area contributed by atoms with Crippen LogP contribution in [-0.2, 0) is 17.6 Å². The average molecular weight is 367 g/mol. The van der Waals surface area contributed by atoms with Gasteiger partial charge in [0.15, 0.2) is 0 Å². The van der Waals surface area contributed by atoms with Gasteiger partial charge in [0.25, 0.3) is 0 Å². The molecule has 0 radical (unpaired) electrons. The van der Waals surface area contributed by atoms with Crippen molar-refractivity contribution in [3.63, 3.8) is 0 Å². The summed E-state index contributed by atoms with van der Waals surface area (Å²) in [7, 11) is 1.61. The highest BCUT2D eigenvalue weighted by atomic mass is 16.5. The van der Waals surface area contributed by atoms with E-state index in [1.807, 2.05) is 36.4 Å². The van der Waals surface area contributed by atoms with Crippen LogP contribution >= 0.6 is 0 Å². The number of aliphatic hydroxyl groups is 1. The van der Waals surface area contributed by atoms with Gasteiger partial charge in [-0.2, -0.15) is 0 Å². The van der Waals surface area contributed by atoms with Gasteiger partial charge in [0.05, 0.1) is 32.3 Å². The minimum Gasteiger partial charge on any atom is -0.496 e. The Bertz CT molecular complexity index is 829. The molecule has 142 valence electrons. The monoisotopic (exact) mass is 367 g/mol. The first-order valence-electron chi connectivity index (χ1n) is 9.49. The predicted molar refractivity (Wildman–Crippen MR) is 102 cm³/mol. The Hall–Kier alpha value is -2.53. The third kappa shape index (κ3) is 3.78. The van der Waals surface area contributed by atoms with Crippen LogP contribution in [0.1, 0.15) is 35.6 Å². The van der Waals surface area contributed by atoms with E-state index >= 15 is 0 Å². The van der Waals surface area contributed by atoms with Crippen LogP contribution in [0.5, 0.6) is 11.5 Å². The average Bonchev–Trinajstić information content (AvgIpc) is 3.12. The number of carbonyl (C=O) groups is 1. The Labute approximate surface area is 159 Å². The van der Waals surface area contributed by atoms with Gasteiger partial charge in [0.2, 0.25) is 5.91 Å². The third-order valence-electron chi connectivity index (χ3n) is 5.55. The molecular weight excluding hydrogens is 342 g/mol. The van der Waals surface area contributed by atoms with Crippen LogP contribution in [-0.4, -0.2) is 30.8 Å². The minimum atomic E-state index is -0.263. The van der Waals surface area contributed by atoms with Crippen molar-refractivity contribution in [1.29, 1.82) is 0 Å². The Morgan fingerprint density at radius 2 is 2.11 bits per heavy atom. The molecule has 1 aliphatic heterocycles. The molecule has 2 aliphatic rings. The highest BCUT2D eigenvalue weighted by Gasteiger charge is 2.36. The maximum Gasteiger partial charge on any atom is 0.225 e. The first kappa shape index (κ1) is 17.9. The maximum atomic E-state index is 12.8. The largest absolute Gasteiger partial charge is 0.496 e. The van der Waals surface area contributed by atoms with Crippen molar-refractivity contribution in [2.75, 3.05) is 13.7 Å². The van der Waals surface area contributed by atoms with E-state index in [0.717, 1.165) is 29.0 Å². The zero-order chi connectivity index (χ0) is 18.8.